The third kappa shape index (κ3) is 4.46. The molecule has 0 aliphatic carbocycles. The van der Waals surface area contributed by atoms with E-state index in [1.807, 2.05) is 0 Å². The van der Waals surface area contributed by atoms with Gasteiger partial charge in [-0.3, -0.25) is 19.3 Å². The Labute approximate surface area is 168 Å². The second-order valence-electron chi connectivity index (χ2n) is 7.20. The van der Waals surface area contributed by atoms with E-state index < -0.39 is 5.91 Å². The number of ether oxygens (including phenoxy) is 3. The van der Waals surface area contributed by atoms with Crippen LogP contribution in [-0.4, -0.2) is 78.6 Å². The lowest BCUT2D eigenvalue weighted by atomic mass is 10.00. The predicted molar refractivity (Wildman–Crippen MR) is 99.9 cm³/mol. The number of hydrogen-bond donors (Lipinski definition) is 0. The zero-order chi connectivity index (χ0) is 20.2. The molecule has 0 radical (unpaired) electrons. The lowest BCUT2D eigenvalue weighted by molar-refractivity contribution is -0.139. The molecule has 1 aromatic heterocycles. The molecule has 4 heterocycles. The van der Waals surface area contributed by atoms with Gasteiger partial charge in [0.25, 0.3) is 17.7 Å². The van der Waals surface area contributed by atoms with E-state index >= 15 is 0 Å². The lowest BCUT2D eigenvalue weighted by Crippen LogP contribution is -2.41. The fourth-order valence-corrected chi connectivity index (χ4v) is 3.54. The maximum Gasteiger partial charge on any atom is 0.296 e. The fourth-order valence-electron chi connectivity index (χ4n) is 3.54. The second kappa shape index (κ2) is 8.71. The molecule has 3 amide bonds. The Morgan fingerprint density at radius 3 is 2.52 bits per heavy atom. The Balaban J connectivity index is 1.36. The smallest absolute Gasteiger partial charge is 0.296 e. The van der Waals surface area contributed by atoms with Gasteiger partial charge in [-0.15, -0.1) is 0 Å². The summed E-state index contributed by atoms with van der Waals surface area (Å²) < 4.78 is 16.1. The Hall–Kier alpha value is -2.78. The van der Waals surface area contributed by atoms with Gasteiger partial charge in [-0.1, -0.05) is 0 Å². The van der Waals surface area contributed by atoms with E-state index in [0.29, 0.717) is 57.5 Å². The summed E-state index contributed by atoms with van der Waals surface area (Å²) in [5.41, 5.74) is 0.295. The van der Waals surface area contributed by atoms with Crippen molar-refractivity contribution in [1.82, 2.24) is 14.8 Å². The van der Waals surface area contributed by atoms with Crippen LogP contribution in [0.25, 0.3) is 0 Å². The van der Waals surface area contributed by atoms with Crippen molar-refractivity contribution < 1.29 is 28.6 Å². The minimum Gasteiger partial charge on any atom is -0.450 e. The van der Waals surface area contributed by atoms with Crippen molar-refractivity contribution in [2.24, 2.45) is 5.92 Å². The number of amides is 3. The Morgan fingerprint density at radius 2 is 1.83 bits per heavy atom. The number of imide groups is 1. The molecule has 0 atom stereocenters. The standard InChI is InChI=1S/C20H23N3O6/c24-18-11-17(20(26)23(18)13-14-3-7-27-8-4-14)29-15-1-2-16(21-12-15)19(25)22-5-9-28-10-6-22/h1-2,11-12,14H,3-10,13H2. The number of nitrogens with zero attached hydrogens (tertiary/aromatic N) is 3. The molecule has 1 aromatic rings. The van der Waals surface area contributed by atoms with Crippen LogP contribution in [0, 0.1) is 5.92 Å². The van der Waals surface area contributed by atoms with Crippen molar-refractivity contribution in [3.8, 4) is 5.75 Å². The fraction of sp³-hybridized carbons (Fsp3) is 0.500. The monoisotopic (exact) mass is 401 g/mol. The minimum absolute atomic E-state index is 0.0314. The van der Waals surface area contributed by atoms with E-state index in [1.54, 1.807) is 17.0 Å². The summed E-state index contributed by atoms with van der Waals surface area (Å²) in [7, 11) is 0. The van der Waals surface area contributed by atoms with Crippen molar-refractivity contribution in [3.05, 3.63) is 35.9 Å². The molecule has 9 nitrogen and oxygen atoms in total. The number of carbonyl (C=O) groups is 3. The van der Waals surface area contributed by atoms with Crippen LogP contribution in [0.2, 0.25) is 0 Å². The maximum absolute atomic E-state index is 12.6. The normalized spacial score (nSPS) is 20.8. The zero-order valence-corrected chi connectivity index (χ0v) is 16.0. The second-order valence-corrected chi connectivity index (χ2v) is 7.20. The van der Waals surface area contributed by atoms with Crippen LogP contribution in [0.5, 0.6) is 5.75 Å². The van der Waals surface area contributed by atoms with Gasteiger partial charge in [0, 0.05) is 32.8 Å². The third-order valence-electron chi connectivity index (χ3n) is 5.24. The molecule has 2 saturated heterocycles. The molecule has 3 aliphatic heterocycles. The largest absolute Gasteiger partial charge is 0.450 e. The number of carbonyl (C=O) groups excluding carboxylic acids is 3. The first-order valence-electron chi connectivity index (χ1n) is 9.78. The minimum atomic E-state index is -0.449. The Bertz CT molecular complexity index is 810. The van der Waals surface area contributed by atoms with Gasteiger partial charge >= 0.3 is 0 Å². The summed E-state index contributed by atoms with van der Waals surface area (Å²) >= 11 is 0. The molecule has 2 fully saturated rings. The Morgan fingerprint density at radius 1 is 1.10 bits per heavy atom. The van der Waals surface area contributed by atoms with Gasteiger partial charge < -0.3 is 19.1 Å². The van der Waals surface area contributed by atoms with Gasteiger partial charge in [-0.05, 0) is 30.9 Å². The van der Waals surface area contributed by atoms with Crippen molar-refractivity contribution in [2.75, 3.05) is 46.1 Å². The molecule has 4 rings (SSSR count). The van der Waals surface area contributed by atoms with E-state index in [0.717, 1.165) is 12.8 Å². The third-order valence-corrected chi connectivity index (χ3v) is 5.24. The molecular formula is C20H23N3O6. The molecule has 0 bridgehead atoms. The molecule has 0 unspecified atom stereocenters. The van der Waals surface area contributed by atoms with E-state index in [-0.39, 0.29) is 23.5 Å². The first-order chi connectivity index (χ1) is 14.1. The van der Waals surface area contributed by atoms with E-state index in [1.165, 1.54) is 17.2 Å². The summed E-state index contributed by atoms with van der Waals surface area (Å²) in [4.78, 5) is 44.3. The summed E-state index contributed by atoms with van der Waals surface area (Å²) in [6.45, 7) is 3.77. The van der Waals surface area contributed by atoms with Crippen LogP contribution in [-0.2, 0) is 19.1 Å². The van der Waals surface area contributed by atoms with Crippen LogP contribution in [0.4, 0.5) is 0 Å². The first-order valence-corrected chi connectivity index (χ1v) is 9.78. The number of hydrogen-bond acceptors (Lipinski definition) is 7. The maximum atomic E-state index is 12.6. The highest BCUT2D eigenvalue weighted by Gasteiger charge is 2.35. The highest BCUT2D eigenvalue weighted by Crippen LogP contribution is 2.23. The molecule has 9 heteroatoms. The number of pyridine rings is 1. The molecule has 0 saturated carbocycles. The Kier molecular flexibility index (Phi) is 5.86. The summed E-state index contributed by atoms with van der Waals surface area (Å²) in [5.74, 6) is -0.483. The van der Waals surface area contributed by atoms with Crippen molar-refractivity contribution in [1.29, 1.82) is 0 Å². The van der Waals surface area contributed by atoms with Crippen LogP contribution in [0.15, 0.2) is 30.2 Å². The quantitative estimate of drug-likeness (QED) is 0.667. The van der Waals surface area contributed by atoms with E-state index in [4.69, 9.17) is 14.2 Å². The number of morpholine rings is 1. The van der Waals surface area contributed by atoms with Gasteiger partial charge in [0.05, 0.1) is 25.5 Å². The average molecular weight is 401 g/mol. The summed E-state index contributed by atoms with van der Waals surface area (Å²) in [5, 5.41) is 0. The van der Waals surface area contributed by atoms with Crippen molar-refractivity contribution in [2.45, 2.75) is 12.8 Å². The number of aromatic nitrogens is 1. The predicted octanol–water partition coefficient (Wildman–Crippen LogP) is 0.612. The molecule has 3 aliphatic rings. The highest BCUT2D eigenvalue weighted by molar-refractivity contribution is 6.15. The molecule has 0 spiro atoms. The van der Waals surface area contributed by atoms with Gasteiger partial charge in [0.15, 0.2) is 5.76 Å². The molecule has 0 N–H and O–H groups in total. The topological polar surface area (TPSA) is 98.3 Å². The van der Waals surface area contributed by atoms with Gasteiger partial charge in [-0.2, -0.15) is 0 Å². The van der Waals surface area contributed by atoms with Crippen LogP contribution in [0.1, 0.15) is 23.3 Å². The van der Waals surface area contributed by atoms with Crippen LogP contribution < -0.4 is 4.74 Å². The van der Waals surface area contributed by atoms with Crippen LogP contribution >= 0.6 is 0 Å². The van der Waals surface area contributed by atoms with E-state index in [9.17, 15) is 14.4 Å². The number of rotatable bonds is 5. The SMILES string of the molecule is O=C(c1ccc(OC2=CC(=O)N(CC3CCOCC3)C2=O)cn1)N1CCOCC1. The average Bonchev–Trinajstić information content (AvgIpc) is 3.02. The first kappa shape index (κ1) is 19.5. The molecular weight excluding hydrogens is 378 g/mol. The van der Waals surface area contributed by atoms with E-state index in [2.05, 4.69) is 4.98 Å². The molecule has 0 aromatic carbocycles. The zero-order valence-electron chi connectivity index (χ0n) is 16.0. The van der Waals surface area contributed by atoms with Crippen molar-refractivity contribution >= 4 is 17.7 Å². The summed E-state index contributed by atoms with van der Waals surface area (Å²) in [6, 6.07) is 3.12. The van der Waals surface area contributed by atoms with Gasteiger partial charge in [0.1, 0.15) is 11.4 Å². The molecule has 154 valence electrons. The highest BCUT2D eigenvalue weighted by atomic mass is 16.5. The van der Waals surface area contributed by atoms with Gasteiger partial charge in [-0.25, -0.2) is 4.98 Å². The summed E-state index contributed by atoms with van der Waals surface area (Å²) in [6.07, 6.45) is 4.24. The lowest BCUT2D eigenvalue weighted by Gasteiger charge is -2.26. The molecule has 29 heavy (non-hydrogen) atoms. The van der Waals surface area contributed by atoms with Crippen LogP contribution in [0.3, 0.4) is 0 Å². The van der Waals surface area contributed by atoms with Gasteiger partial charge in [0.2, 0.25) is 0 Å². The van der Waals surface area contributed by atoms with Crippen molar-refractivity contribution in [3.63, 3.8) is 0 Å².